The van der Waals surface area contributed by atoms with Gasteiger partial charge in [-0.1, -0.05) is 58.1 Å². The Morgan fingerprint density at radius 1 is 1.12 bits per heavy atom. The minimum atomic E-state index is -0.855. The lowest BCUT2D eigenvalue weighted by Gasteiger charge is -2.64. The Morgan fingerprint density at radius 2 is 1.82 bits per heavy atom. The van der Waals surface area contributed by atoms with E-state index in [1.807, 2.05) is 26.0 Å². The van der Waals surface area contributed by atoms with Gasteiger partial charge in [0.05, 0.1) is 34.5 Å². The number of aliphatic hydroxyl groups excluding tert-OH is 2. The molecule has 2 saturated carbocycles. The summed E-state index contributed by atoms with van der Waals surface area (Å²) in [6.45, 7) is 23.6. The number of nitrogens with zero attached hydrogens (tertiary/aromatic N) is 1. The molecule has 8 rings (SSSR count). The van der Waals surface area contributed by atoms with Crippen molar-refractivity contribution in [2.24, 2.45) is 34.3 Å². The molecule has 2 aliphatic heterocycles. The predicted molar refractivity (Wildman–Crippen MR) is 201 cm³/mol. The fourth-order valence-electron chi connectivity index (χ4n) is 12.9. The molecule has 51 heavy (non-hydrogen) atoms. The van der Waals surface area contributed by atoms with Gasteiger partial charge in [0.25, 0.3) is 0 Å². The Labute approximate surface area is 302 Å². The number of aromatic nitrogens is 1. The second kappa shape index (κ2) is 10.7. The SMILES string of the molecule is C=C(C)[C@H]1C(=O)c2c3c(cc4c5c(n1c24)[C@@]1(C)[C@@H](CC[C@H]2[C@](C)(/C=C/C=C(\CC)C(N)=O)[C@@H](O)CC[C@@]21C)C5)C1=CC(C)(C)OC(C)(C)[C@H]1[C@@H]3O. The number of ether oxygens (including phenoxy) is 1. The highest BCUT2D eigenvalue weighted by Gasteiger charge is 2.67. The van der Waals surface area contributed by atoms with Gasteiger partial charge in [-0.3, -0.25) is 9.59 Å². The topological polar surface area (TPSA) is 115 Å². The van der Waals surface area contributed by atoms with E-state index < -0.39 is 40.8 Å². The zero-order valence-corrected chi connectivity index (χ0v) is 31.9. The van der Waals surface area contributed by atoms with Crippen molar-refractivity contribution in [1.29, 1.82) is 0 Å². The van der Waals surface area contributed by atoms with Gasteiger partial charge in [-0.25, -0.2) is 0 Å². The second-order valence-corrected chi connectivity index (χ2v) is 18.6. The number of carbonyl (C=O) groups excluding carboxylic acids is 2. The van der Waals surface area contributed by atoms with E-state index in [-0.39, 0.29) is 28.4 Å². The first kappa shape index (κ1) is 34.8. The highest BCUT2D eigenvalue weighted by Crippen LogP contribution is 2.71. The fourth-order valence-corrected chi connectivity index (χ4v) is 12.9. The Kier molecular flexibility index (Phi) is 7.28. The molecule has 3 heterocycles. The lowest BCUT2D eigenvalue weighted by Crippen LogP contribution is -2.62. The minimum Gasteiger partial charge on any atom is -0.392 e. The Morgan fingerprint density at radius 3 is 2.47 bits per heavy atom. The van der Waals surface area contributed by atoms with Gasteiger partial charge in [-0.05, 0) is 119 Å². The summed E-state index contributed by atoms with van der Waals surface area (Å²) in [5.41, 5.74) is 11.9. The van der Waals surface area contributed by atoms with E-state index in [1.165, 1.54) is 11.3 Å². The quantitative estimate of drug-likeness (QED) is 0.167. The monoisotopic (exact) mass is 692 g/mol. The second-order valence-electron chi connectivity index (χ2n) is 18.6. The van der Waals surface area contributed by atoms with Crippen LogP contribution in [0.3, 0.4) is 0 Å². The van der Waals surface area contributed by atoms with Crippen LogP contribution in [0.4, 0.5) is 0 Å². The lowest BCUT2D eigenvalue weighted by molar-refractivity contribution is -0.144. The van der Waals surface area contributed by atoms with Gasteiger partial charge in [-0.15, -0.1) is 0 Å². The van der Waals surface area contributed by atoms with Crippen molar-refractivity contribution < 1.29 is 24.5 Å². The van der Waals surface area contributed by atoms with E-state index in [0.717, 1.165) is 58.9 Å². The Balaban J connectivity index is 1.35. The van der Waals surface area contributed by atoms with E-state index in [4.69, 9.17) is 10.5 Å². The average Bonchev–Trinajstić information content (AvgIpc) is 3.70. The van der Waals surface area contributed by atoms with Crippen molar-refractivity contribution in [2.45, 2.75) is 136 Å². The third-order valence-corrected chi connectivity index (χ3v) is 15.1. The number of Topliss-reactive ketones (excluding diaryl/α,β-unsaturated/α-hetero) is 1. The van der Waals surface area contributed by atoms with Crippen LogP contribution in [0.2, 0.25) is 0 Å². The first-order valence-electron chi connectivity index (χ1n) is 19.2. The number of allylic oxidation sites excluding steroid dienone is 3. The third kappa shape index (κ3) is 4.23. The van der Waals surface area contributed by atoms with Crippen LogP contribution in [0.15, 0.2) is 48.1 Å². The van der Waals surface area contributed by atoms with Crippen LogP contribution < -0.4 is 5.73 Å². The first-order valence-corrected chi connectivity index (χ1v) is 19.2. The number of fused-ring (bicyclic) bond motifs is 11. The summed E-state index contributed by atoms with van der Waals surface area (Å²) in [5, 5.41) is 25.0. The van der Waals surface area contributed by atoms with Gasteiger partial charge in [0, 0.05) is 39.0 Å². The maximum Gasteiger partial charge on any atom is 0.244 e. The third-order valence-electron chi connectivity index (χ3n) is 15.1. The van der Waals surface area contributed by atoms with Crippen molar-refractivity contribution in [3.8, 4) is 0 Å². The van der Waals surface area contributed by atoms with Crippen LogP contribution in [0.5, 0.6) is 0 Å². The molecule has 0 unspecified atom stereocenters. The molecule has 0 radical (unpaired) electrons. The van der Waals surface area contributed by atoms with Crippen LogP contribution in [0.1, 0.15) is 139 Å². The summed E-state index contributed by atoms with van der Waals surface area (Å²) in [5.74, 6) is -0.103. The number of carbonyl (C=O) groups is 2. The van der Waals surface area contributed by atoms with Gasteiger partial charge in [0.15, 0.2) is 5.78 Å². The van der Waals surface area contributed by atoms with Crippen LogP contribution in [-0.4, -0.2) is 43.8 Å². The zero-order valence-electron chi connectivity index (χ0n) is 31.9. The molecular weight excluding hydrogens is 636 g/mol. The van der Waals surface area contributed by atoms with Gasteiger partial charge in [0.1, 0.15) is 6.04 Å². The smallest absolute Gasteiger partial charge is 0.244 e. The average molecular weight is 693 g/mol. The molecule has 1 amide bonds. The highest BCUT2D eigenvalue weighted by molar-refractivity contribution is 6.18. The van der Waals surface area contributed by atoms with Crippen LogP contribution >= 0.6 is 0 Å². The molecule has 2 aromatic rings. The largest absolute Gasteiger partial charge is 0.392 e. The van der Waals surface area contributed by atoms with Crippen molar-refractivity contribution in [1.82, 2.24) is 4.57 Å². The minimum absolute atomic E-state index is 0.0304. The number of primary amides is 1. The summed E-state index contributed by atoms with van der Waals surface area (Å²) in [4.78, 5) is 26.9. The van der Waals surface area contributed by atoms with Gasteiger partial charge in [-0.2, -0.15) is 0 Å². The number of nitrogens with two attached hydrogens (primary N) is 1. The summed E-state index contributed by atoms with van der Waals surface area (Å²) in [6, 6.07) is 1.77. The normalized spacial score (nSPS) is 38.7. The lowest BCUT2D eigenvalue weighted by atomic mass is 9.40. The molecule has 0 spiro atoms. The number of hydrogen-bond acceptors (Lipinski definition) is 5. The molecular formula is C44H56N2O5. The maximum absolute atomic E-state index is 14.9. The maximum atomic E-state index is 14.9. The Hall–Kier alpha value is -3.26. The number of rotatable bonds is 5. The van der Waals surface area contributed by atoms with Gasteiger partial charge in [0.2, 0.25) is 5.91 Å². The van der Waals surface area contributed by atoms with Crippen LogP contribution in [0.25, 0.3) is 16.5 Å². The van der Waals surface area contributed by atoms with Crippen LogP contribution in [-0.2, 0) is 21.4 Å². The van der Waals surface area contributed by atoms with Crippen LogP contribution in [0, 0.1) is 28.6 Å². The van der Waals surface area contributed by atoms with E-state index in [0.29, 0.717) is 29.9 Å². The summed E-state index contributed by atoms with van der Waals surface area (Å²) in [6.07, 6.45) is 11.7. The number of amides is 1. The van der Waals surface area contributed by atoms with E-state index >= 15 is 0 Å². The predicted octanol–water partition coefficient (Wildman–Crippen LogP) is 7.97. The van der Waals surface area contributed by atoms with Crippen molar-refractivity contribution >= 4 is 28.2 Å². The molecule has 2 fully saturated rings. The van der Waals surface area contributed by atoms with Crippen molar-refractivity contribution in [2.75, 3.05) is 0 Å². The fraction of sp³-hybridized carbons (Fsp3) is 0.591. The zero-order chi connectivity index (χ0) is 37.0. The molecule has 1 aromatic heterocycles. The van der Waals surface area contributed by atoms with E-state index in [1.54, 1.807) is 0 Å². The molecule has 1 aromatic carbocycles. The van der Waals surface area contributed by atoms with Gasteiger partial charge < -0.3 is 25.3 Å². The molecule has 9 atom stereocenters. The molecule has 4 aliphatic carbocycles. The molecule has 0 bridgehead atoms. The molecule has 6 aliphatic rings. The molecule has 0 saturated heterocycles. The van der Waals surface area contributed by atoms with E-state index in [9.17, 15) is 19.8 Å². The standard InChI is InChI=1S/C44H56N2O5/c1-11-23(39(45)50)13-12-17-42(8)29-15-14-24-19-27-26-20-25-28-21-40(4,5)51-41(6,7)33(28)36(48)31(25)32-35(26)46(34(22(2)3)37(32)49)38(27)44(24,10)43(29,9)18-16-30(42)47/h12-13,17,20-21,24,29-30,33-34,36,47-48H,2,11,14-16,18-19H2,1,3-10H3,(H2,45,50)/b17-12+,23-13+/t24-,29-,30-,33+,34-,36+,42-,43-,44+/m0/s1. The molecule has 7 heteroatoms. The summed E-state index contributed by atoms with van der Waals surface area (Å²) in [7, 11) is 0. The summed E-state index contributed by atoms with van der Waals surface area (Å²) < 4.78 is 8.89. The summed E-state index contributed by atoms with van der Waals surface area (Å²) >= 11 is 0. The highest BCUT2D eigenvalue weighted by atomic mass is 16.5. The van der Waals surface area contributed by atoms with Crippen molar-refractivity contribution in [3.05, 3.63) is 76.0 Å². The number of ketones is 1. The number of aliphatic hydroxyl groups is 2. The molecule has 272 valence electrons. The molecule has 7 nitrogen and oxygen atoms in total. The number of benzene rings is 1. The van der Waals surface area contributed by atoms with Gasteiger partial charge >= 0.3 is 0 Å². The first-order chi connectivity index (χ1) is 23.7. The molecule has 4 N–H and O–H groups in total. The number of hydrogen-bond donors (Lipinski definition) is 3. The van der Waals surface area contributed by atoms with E-state index in [2.05, 4.69) is 77.8 Å². The van der Waals surface area contributed by atoms with Crippen molar-refractivity contribution in [3.63, 3.8) is 0 Å². The Bertz CT molecular complexity index is 2040.